The standard InChI is InChI=1S/C14H12F2N4OS/c1-7-6-22-14-10(7)13(21)17-9(18-14)4-3-8-5-20(2)19-11(8)12(15)16/h3-6,12H,1-2H3,(H,17,18,21). The number of hydrogen-bond donors (Lipinski definition) is 1. The molecule has 0 aromatic carbocycles. The molecular weight excluding hydrogens is 310 g/mol. The molecule has 0 fully saturated rings. The summed E-state index contributed by atoms with van der Waals surface area (Å²) in [4.78, 5) is 19.6. The van der Waals surface area contributed by atoms with Crippen LogP contribution in [0.1, 0.15) is 29.1 Å². The fourth-order valence-corrected chi connectivity index (χ4v) is 3.10. The maximum atomic E-state index is 12.9. The van der Waals surface area contributed by atoms with Crippen molar-refractivity contribution in [1.29, 1.82) is 0 Å². The third-order valence-corrected chi connectivity index (χ3v) is 4.15. The van der Waals surface area contributed by atoms with E-state index in [1.807, 2.05) is 12.3 Å². The molecule has 0 aliphatic rings. The summed E-state index contributed by atoms with van der Waals surface area (Å²) in [6.45, 7) is 1.84. The van der Waals surface area contributed by atoms with Gasteiger partial charge >= 0.3 is 0 Å². The third-order valence-electron chi connectivity index (χ3n) is 3.16. The smallest absolute Gasteiger partial charge is 0.282 e. The van der Waals surface area contributed by atoms with E-state index in [0.29, 0.717) is 21.6 Å². The Labute approximate surface area is 127 Å². The molecule has 0 atom stereocenters. The number of alkyl halides is 2. The quantitative estimate of drug-likeness (QED) is 0.806. The minimum atomic E-state index is -2.66. The van der Waals surface area contributed by atoms with Gasteiger partial charge in [0.2, 0.25) is 0 Å². The number of fused-ring (bicyclic) bond motifs is 1. The van der Waals surface area contributed by atoms with Gasteiger partial charge in [-0.05, 0) is 30.0 Å². The van der Waals surface area contributed by atoms with Crippen LogP contribution in [0.2, 0.25) is 0 Å². The number of aromatic amines is 1. The number of hydrogen-bond acceptors (Lipinski definition) is 4. The van der Waals surface area contributed by atoms with Crippen LogP contribution < -0.4 is 5.56 Å². The third kappa shape index (κ3) is 2.57. The summed E-state index contributed by atoms with van der Waals surface area (Å²) in [5.41, 5.74) is 0.636. The number of nitrogens with one attached hydrogen (secondary N) is 1. The van der Waals surface area contributed by atoms with Crippen molar-refractivity contribution >= 4 is 33.7 Å². The molecule has 3 aromatic rings. The van der Waals surface area contributed by atoms with Crippen LogP contribution in [-0.2, 0) is 7.05 Å². The highest BCUT2D eigenvalue weighted by Gasteiger charge is 2.15. The molecule has 0 radical (unpaired) electrons. The summed E-state index contributed by atoms with van der Waals surface area (Å²) in [6.07, 6.45) is 1.80. The summed E-state index contributed by atoms with van der Waals surface area (Å²) in [5.74, 6) is 0.323. The first-order valence-electron chi connectivity index (χ1n) is 6.43. The zero-order valence-electron chi connectivity index (χ0n) is 11.8. The molecule has 8 heteroatoms. The molecule has 5 nitrogen and oxygen atoms in total. The topological polar surface area (TPSA) is 63.6 Å². The van der Waals surface area contributed by atoms with E-state index < -0.39 is 6.43 Å². The van der Waals surface area contributed by atoms with Crippen LogP contribution in [0.25, 0.3) is 22.4 Å². The van der Waals surface area contributed by atoms with Crippen molar-refractivity contribution in [2.45, 2.75) is 13.3 Å². The van der Waals surface area contributed by atoms with E-state index in [0.717, 1.165) is 5.56 Å². The van der Waals surface area contributed by atoms with Crippen molar-refractivity contribution in [1.82, 2.24) is 19.7 Å². The van der Waals surface area contributed by atoms with Crippen LogP contribution in [0.4, 0.5) is 8.78 Å². The molecule has 0 aliphatic heterocycles. The molecule has 114 valence electrons. The highest BCUT2D eigenvalue weighted by Crippen LogP contribution is 2.23. The van der Waals surface area contributed by atoms with E-state index in [2.05, 4.69) is 15.1 Å². The van der Waals surface area contributed by atoms with Crippen molar-refractivity contribution in [2.75, 3.05) is 0 Å². The minimum absolute atomic E-state index is 0.233. The molecule has 0 aliphatic carbocycles. The summed E-state index contributed by atoms with van der Waals surface area (Å²) < 4.78 is 27.0. The van der Waals surface area contributed by atoms with Crippen LogP contribution in [0.5, 0.6) is 0 Å². The first kappa shape index (κ1) is 14.6. The van der Waals surface area contributed by atoms with Crippen LogP contribution in [-0.4, -0.2) is 19.7 Å². The summed E-state index contributed by atoms with van der Waals surface area (Å²) in [5, 5.41) is 6.14. The first-order chi connectivity index (χ1) is 10.5. The Morgan fingerprint density at radius 3 is 2.91 bits per heavy atom. The Morgan fingerprint density at radius 1 is 1.41 bits per heavy atom. The van der Waals surface area contributed by atoms with Crippen molar-refractivity contribution in [3.05, 3.63) is 44.6 Å². The predicted octanol–water partition coefficient (Wildman–Crippen LogP) is 3.13. The lowest BCUT2D eigenvalue weighted by Crippen LogP contribution is -2.09. The highest BCUT2D eigenvalue weighted by atomic mass is 32.1. The van der Waals surface area contributed by atoms with Gasteiger partial charge in [0.1, 0.15) is 16.3 Å². The number of aryl methyl sites for hydroxylation is 2. The molecule has 0 saturated heterocycles. The molecule has 3 rings (SSSR count). The van der Waals surface area contributed by atoms with Gasteiger partial charge in [-0.2, -0.15) is 5.10 Å². The van der Waals surface area contributed by atoms with Gasteiger partial charge in [0.25, 0.3) is 12.0 Å². The Bertz CT molecular complexity index is 923. The van der Waals surface area contributed by atoms with Gasteiger partial charge in [0, 0.05) is 18.8 Å². The van der Waals surface area contributed by atoms with Crippen molar-refractivity contribution in [2.24, 2.45) is 7.05 Å². The number of H-pyrrole nitrogens is 1. The number of halogens is 2. The minimum Gasteiger partial charge on any atom is -0.306 e. The maximum absolute atomic E-state index is 12.9. The fourth-order valence-electron chi connectivity index (χ4n) is 2.18. The van der Waals surface area contributed by atoms with E-state index in [1.54, 1.807) is 7.05 Å². The van der Waals surface area contributed by atoms with Crippen molar-refractivity contribution in [3.8, 4) is 0 Å². The Morgan fingerprint density at radius 2 is 2.18 bits per heavy atom. The molecule has 0 saturated carbocycles. The van der Waals surface area contributed by atoms with Crippen LogP contribution in [0.3, 0.4) is 0 Å². The Kier molecular flexibility index (Phi) is 3.61. The van der Waals surface area contributed by atoms with E-state index in [9.17, 15) is 13.6 Å². The van der Waals surface area contributed by atoms with Gasteiger partial charge < -0.3 is 4.98 Å². The monoisotopic (exact) mass is 322 g/mol. The summed E-state index contributed by atoms with van der Waals surface area (Å²) in [7, 11) is 1.57. The number of rotatable bonds is 3. The average molecular weight is 322 g/mol. The SMILES string of the molecule is Cc1csc2nc(C=Cc3cn(C)nc3C(F)F)[nH]c(=O)c12. The Balaban J connectivity index is 2.01. The zero-order chi connectivity index (χ0) is 15.9. The number of thiophene rings is 1. The van der Waals surface area contributed by atoms with Crippen LogP contribution in [0.15, 0.2) is 16.4 Å². The molecule has 22 heavy (non-hydrogen) atoms. The van der Waals surface area contributed by atoms with Crippen molar-refractivity contribution < 1.29 is 8.78 Å². The van der Waals surface area contributed by atoms with Gasteiger partial charge in [0.05, 0.1) is 5.39 Å². The Hall–Kier alpha value is -2.35. The largest absolute Gasteiger partial charge is 0.306 e. The normalized spacial score (nSPS) is 12.0. The first-order valence-corrected chi connectivity index (χ1v) is 7.31. The fraction of sp³-hybridized carbons (Fsp3) is 0.214. The van der Waals surface area contributed by atoms with E-state index in [4.69, 9.17) is 0 Å². The lowest BCUT2D eigenvalue weighted by Gasteiger charge is -1.96. The van der Waals surface area contributed by atoms with E-state index in [-0.39, 0.29) is 11.3 Å². The molecule has 1 N–H and O–H groups in total. The maximum Gasteiger partial charge on any atom is 0.282 e. The second kappa shape index (κ2) is 5.45. The van der Waals surface area contributed by atoms with E-state index in [1.165, 1.54) is 34.4 Å². The average Bonchev–Trinajstić information content (AvgIpc) is 3.00. The second-order valence-corrected chi connectivity index (χ2v) is 5.69. The molecule has 0 amide bonds. The number of nitrogens with zero attached hydrogens (tertiary/aromatic N) is 3. The highest BCUT2D eigenvalue weighted by molar-refractivity contribution is 7.16. The molecular formula is C14H12F2N4OS. The zero-order valence-corrected chi connectivity index (χ0v) is 12.6. The lowest BCUT2D eigenvalue weighted by molar-refractivity contribution is 0.145. The van der Waals surface area contributed by atoms with E-state index >= 15 is 0 Å². The van der Waals surface area contributed by atoms with Gasteiger partial charge in [0.15, 0.2) is 0 Å². The molecule has 0 spiro atoms. The molecule has 0 bridgehead atoms. The summed E-state index contributed by atoms with van der Waals surface area (Å²) in [6, 6.07) is 0. The molecule has 0 unspecified atom stereocenters. The van der Waals surface area contributed by atoms with Gasteiger partial charge in [-0.1, -0.05) is 0 Å². The van der Waals surface area contributed by atoms with Gasteiger partial charge in [-0.15, -0.1) is 11.3 Å². The lowest BCUT2D eigenvalue weighted by atomic mass is 10.2. The van der Waals surface area contributed by atoms with Crippen molar-refractivity contribution in [3.63, 3.8) is 0 Å². The van der Waals surface area contributed by atoms with Crippen LogP contribution in [0, 0.1) is 6.92 Å². The summed E-state index contributed by atoms with van der Waals surface area (Å²) >= 11 is 1.37. The van der Waals surface area contributed by atoms with Gasteiger partial charge in [-0.3, -0.25) is 9.48 Å². The molecule has 3 heterocycles. The second-order valence-electron chi connectivity index (χ2n) is 4.83. The number of aromatic nitrogens is 4. The molecule has 3 aromatic heterocycles. The van der Waals surface area contributed by atoms with Gasteiger partial charge in [-0.25, -0.2) is 13.8 Å². The predicted molar refractivity (Wildman–Crippen MR) is 82.1 cm³/mol. The van der Waals surface area contributed by atoms with Crippen LogP contribution >= 0.6 is 11.3 Å².